The summed E-state index contributed by atoms with van der Waals surface area (Å²) in [7, 11) is 2.07. The van der Waals surface area contributed by atoms with Crippen LogP contribution >= 0.6 is 0 Å². The van der Waals surface area contributed by atoms with Crippen molar-refractivity contribution in [1.82, 2.24) is 5.32 Å². The van der Waals surface area contributed by atoms with Gasteiger partial charge in [-0.15, -0.1) is 0 Å². The number of fused-ring (bicyclic) bond motifs is 1. The van der Waals surface area contributed by atoms with Crippen LogP contribution in [-0.2, 0) is 19.3 Å². The summed E-state index contributed by atoms with van der Waals surface area (Å²) in [6, 6.07) is 7.20. The first-order valence-electron chi connectivity index (χ1n) is 6.57. The molecule has 0 radical (unpaired) electrons. The Labute approximate surface area is 98.3 Å². The molecular formula is C15H21N. The van der Waals surface area contributed by atoms with Crippen LogP contribution in [0.1, 0.15) is 36.0 Å². The van der Waals surface area contributed by atoms with Crippen LogP contribution in [0.4, 0.5) is 0 Å². The van der Waals surface area contributed by atoms with E-state index in [0.717, 1.165) is 0 Å². The highest BCUT2D eigenvalue weighted by molar-refractivity contribution is 5.36. The summed E-state index contributed by atoms with van der Waals surface area (Å²) in [6.45, 7) is 1.18. The molecule has 0 atom stereocenters. The van der Waals surface area contributed by atoms with E-state index >= 15 is 0 Å². The van der Waals surface area contributed by atoms with Crippen LogP contribution < -0.4 is 5.32 Å². The molecule has 2 aliphatic rings. The fraction of sp³-hybridized carbons (Fsp3) is 0.600. The van der Waals surface area contributed by atoms with Gasteiger partial charge in [-0.05, 0) is 67.7 Å². The molecule has 1 heteroatoms. The summed E-state index contributed by atoms with van der Waals surface area (Å²) >= 11 is 0. The molecule has 16 heavy (non-hydrogen) atoms. The Morgan fingerprint density at radius 2 is 2.00 bits per heavy atom. The second-order valence-corrected chi connectivity index (χ2v) is 5.66. The zero-order chi connectivity index (χ0) is 11.0. The summed E-state index contributed by atoms with van der Waals surface area (Å²) in [4.78, 5) is 0. The quantitative estimate of drug-likeness (QED) is 0.814. The summed E-state index contributed by atoms with van der Waals surface area (Å²) < 4.78 is 0. The summed E-state index contributed by atoms with van der Waals surface area (Å²) in [5.41, 5.74) is 5.38. The van der Waals surface area contributed by atoms with Gasteiger partial charge in [-0.25, -0.2) is 0 Å². The predicted molar refractivity (Wildman–Crippen MR) is 67.8 cm³/mol. The lowest BCUT2D eigenvalue weighted by atomic mass is 9.94. The standard InChI is InChI=1S/C15H21N/c1-16-11-15(7-8-15)10-12-5-6-13-3-2-4-14(13)9-12/h5-6,9,16H,2-4,7-8,10-11H2,1H3. The van der Waals surface area contributed by atoms with E-state index in [0.29, 0.717) is 5.41 Å². The second kappa shape index (κ2) is 3.89. The number of hydrogen-bond donors (Lipinski definition) is 1. The monoisotopic (exact) mass is 215 g/mol. The first-order chi connectivity index (χ1) is 7.81. The fourth-order valence-corrected chi connectivity index (χ4v) is 3.14. The van der Waals surface area contributed by atoms with Gasteiger partial charge in [0.2, 0.25) is 0 Å². The minimum atomic E-state index is 0.599. The molecule has 1 fully saturated rings. The number of rotatable bonds is 4. The molecule has 1 nitrogen and oxygen atoms in total. The van der Waals surface area contributed by atoms with Crippen molar-refractivity contribution >= 4 is 0 Å². The van der Waals surface area contributed by atoms with Gasteiger partial charge in [-0.2, -0.15) is 0 Å². The number of hydrogen-bond acceptors (Lipinski definition) is 1. The maximum absolute atomic E-state index is 3.34. The summed E-state index contributed by atoms with van der Waals surface area (Å²) in [5.74, 6) is 0. The van der Waals surface area contributed by atoms with Gasteiger partial charge in [-0.1, -0.05) is 18.2 Å². The lowest BCUT2D eigenvalue weighted by Crippen LogP contribution is -2.21. The molecule has 2 aliphatic carbocycles. The zero-order valence-electron chi connectivity index (χ0n) is 10.2. The van der Waals surface area contributed by atoms with Crippen LogP contribution in [0.2, 0.25) is 0 Å². The van der Waals surface area contributed by atoms with Crippen molar-refractivity contribution < 1.29 is 0 Å². The first-order valence-corrected chi connectivity index (χ1v) is 6.57. The van der Waals surface area contributed by atoms with E-state index in [4.69, 9.17) is 0 Å². The molecule has 0 aliphatic heterocycles. The average molecular weight is 215 g/mol. The number of nitrogens with one attached hydrogen (secondary N) is 1. The van der Waals surface area contributed by atoms with Crippen LogP contribution in [0.15, 0.2) is 18.2 Å². The molecule has 0 aromatic heterocycles. The summed E-state index contributed by atoms with van der Waals surface area (Å²) in [6.07, 6.45) is 8.07. The van der Waals surface area contributed by atoms with Crippen molar-refractivity contribution in [3.63, 3.8) is 0 Å². The van der Waals surface area contributed by atoms with E-state index < -0.39 is 0 Å². The minimum Gasteiger partial charge on any atom is -0.319 e. The highest BCUT2D eigenvalue weighted by Crippen LogP contribution is 2.47. The topological polar surface area (TPSA) is 12.0 Å². The Morgan fingerprint density at radius 1 is 1.19 bits per heavy atom. The third-order valence-electron chi connectivity index (χ3n) is 4.25. The normalized spacial score (nSPS) is 20.8. The minimum absolute atomic E-state index is 0.599. The molecule has 0 bridgehead atoms. The van der Waals surface area contributed by atoms with Gasteiger partial charge in [0.05, 0.1) is 0 Å². The van der Waals surface area contributed by atoms with Gasteiger partial charge >= 0.3 is 0 Å². The number of benzene rings is 1. The van der Waals surface area contributed by atoms with E-state index in [2.05, 4.69) is 30.6 Å². The highest BCUT2D eigenvalue weighted by atomic mass is 14.8. The first kappa shape index (κ1) is 10.3. The fourth-order valence-electron chi connectivity index (χ4n) is 3.14. The Morgan fingerprint density at radius 3 is 2.75 bits per heavy atom. The highest BCUT2D eigenvalue weighted by Gasteiger charge is 2.41. The van der Waals surface area contributed by atoms with E-state index in [9.17, 15) is 0 Å². The Hall–Kier alpha value is -0.820. The molecule has 86 valence electrons. The van der Waals surface area contributed by atoms with Gasteiger partial charge < -0.3 is 5.32 Å². The molecule has 1 N–H and O–H groups in total. The van der Waals surface area contributed by atoms with Crippen molar-refractivity contribution in [3.05, 3.63) is 34.9 Å². The van der Waals surface area contributed by atoms with Crippen molar-refractivity contribution in [1.29, 1.82) is 0 Å². The smallest absolute Gasteiger partial charge is 0.000800 e. The van der Waals surface area contributed by atoms with E-state index in [1.54, 1.807) is 16.7 Å². The summed E-state index contributed by atoms with van der Waals surface area (Å²) in [5, 5.41) is 3.34. The van der Waals surface area contributed by atoms with E-state index in [-0.39, 0.29) is 0 Å². The SMILES string of the molecule is CNCC1(Cc2ccc3c(c2)CCC3)CC1. The van der Waals surface area contributed by atoms with Crippen LogP contribution in [0.3, 0.4) is 0 Å². The molecule has 1 aromatic rings. The maximum Gasteiger partial charge on any atom is 0.000800 e. The molecule has 0 saturated heterocycles. The third kappa shape index (κ3) is 1.89. The Bertz CT molecular complexity index is 390. The van der Waals surface area contributed by atoms with Crippen molar-refractivity contribution in [2.24, 2.45) is 5.41 Å². The molecule has 0 heterocycles. The van der Waals surface area contributed by atoms with Crippen molar-refractivity contribution in [3.8, 4) is 0 Å². The predicted octanol–water partition coefficient (Wildman–Crippen LogP) is 2.72. The zero-order valence-corrected chi connectivity index (χ0v) is 10.2. The third-order valence-corrected chi connectivity index (χ3v) is 4.25. The molecular weight excluding hydrogens is 194 g/mol. The molecule has 0 unspecified atom stereocenters. The van der Waals surface area contributed by atoms with Crippen LogP contribution in [-0.4, -0.2) is 13.6 Å². The lowest BCUT2D eigenvalue weighted by Gasteiger charge is -2.15. The molecule has 1 saturated carbocycles. The largest absolute Gasteiger partial charge is 0.319 e. The van der Waals surface area contributed by atoms with E-state index in [1.807, 2.05) is 0 Å². The lowest BCUT2D eigenvalue weighted by molar-refractivity contribution is 0.478. The maximum atomic E-state index is 3.34. The number of aryl methyl sites for hydroxylation is 2. The van der Waals surface area contributed by atoms with Crippen LogP contribution in [0.25, 0.3) is 0 Å². The Balaban J connectivity index is 1.75. The Kier molecular flexibility index (Phi) is 2.51. The van der Waals surface area contributed by atoms with Gasteiger partial charge in [0.25, 0.3) is 0 Å². The van der Waals surface area contributed by atoms with Crippen LogP contribution in [0, 0.1) is 5.41 Å². The second-order valence-electron chi connectivity index (χ2n) is 5.66. The molecule has 0 spiro atoms. The molecule has 1 aromatic carbocycles. The van der Waals surface area contributed by atoms with E-state index in [1.165, 1.54) is 45.1 Å². The average Bonchev–Trinajstić information content (AvgIpc) is 2.87. The van der Waals surface area contributed by atoms with Gasteiger partial charge in [0.15, 0.2) is 0 Å². The van der Waals surface area contributed by atoms with Gasteiger partial charge in [-0.3, -0.25) is 0 Å². The van der Waals surface area contributed by atoms with Crippen molar-refractivity contribution in [2.45, 2.75) is 38.5 Å². The van der Waals surface area contributed by atoms with Gasteiger partial charge in [0.1, 0.15) is 0 Å². The van der Waals surface area contributed by atoms with Crippen molar-refractivity contribution in [2.75, 3.05) is 13.6 Å². The molecule has 3 rings (SSSR count). The molecule has 0 amide bonds. The van der Waals surface area contributed by atoms with Crippen LogP contribution in [0.5, 0.6) is 0 Å². The van der Waals surface area contributed by atoms with Gasteiger partial charge in [0, 0.05) is 6.54 Å².